The molecule has 2 heterocycles. The van der Waals surface area contributed by atoms with E-state index < -0.39 is 0 Å². The molecule has 57 heavy (non-hydrogen) atoms. The van der Waals surface area contributed by atoms with Crippen molar-refractivity contribution in [3.63, 3.8) is 0 Å². The largest absolute Gasteiger partial charge is 0.353 e. The highest BCUT2D eigenvalue weighted by Gasteiger charge is 2.18. The molecule has 6 heteroatoms. The lowest BCUT2D eigenvalue weighted by Gasteiger charge is -2.27. The van der Waals surface area contributed by atoms with Gasteiger partial charge in [-0.25, -0.2) is 0 Å². The number of rotatable bonds is 14. The molecule has 2 fully saturated rings. The Bertz CT molecular complexity index is 2010. The minimum atomic E-state index is -0.106. The minimum Gasteiger partial charge on any atom is -0.353 e. The van der Waals surface area contributed by atoms with Crippen LogP contribution >= 0.6 is 0 Å². The molecule has 0 aromatic heterocycles. The first kappa shape index (κ1) is 38.6. The molecule has 0 saturated carbocycles. The Labute approximate surface area is 338 Å². The van der Waals surface area contributed by atoms with Crippen molar-refractivity contribution in [2.45, 2.75) is 84.6 Å². The van der Waals surface area contributed by atoms with Crippen molar-refractivity contribution < 1.29 is 18.9 Å². The molecule has 292 valence electrons. The van der Waals surface area contributed by atoms with Crippen molar-refractivity contribution in [2.75, 3.05) is 23.0 Å². The predicted octanol–water partition coefficient (Wildman–Crippen LogP) is 12.9. The van der Waals surface area contributed by atoms with Crippen molar-refractivity contribution in [3.05, 3.63) is 179 Å². The number of hydrogen-bond acceptors (Lipinski definition) is 6. The van der Waals surface area contributed by atoms with Crippen LogP contribution in [0.4, 0.5) is 34.1 Å². The normalized spacial score (nSPS) is 16.9. The molecule has 0 bridgehead atoms. The Hall–Kier alpha value is -5.24. The van der Waals surface area contributed by atoms with E-state index in [1.54, 1.807) is 0 Å². The average Bonchev–Trinajstić information content (AvgIpc) is 3.26. The quantitative estimate of drug-likeness (QED) is 0.110. The fraction of sp³-hybridized carbons (Fsp3) is 0.294. The van der Waals surface area contributed by atoms with Crippen molar-refractivity contribution in [1.29, 1.82) is 0 Å². The summed E-state index contributed by atoms with van der Waals surface area (Å²) in [6.07, 6.45) is 7.10. The highest BCUT2D eigenvalue weighted by Crippen LogP contribution is 2.37. The molecule has 2 atom stereocenters. The molecule has 0 aliphatic carbocycles. The van der Waals surface area contributed by atoms with Crippen LogP contribution in [-0.2, 0) is 38.6 Å². The maximum Gasteiger partial charge on any atom is 0.158 e. The third kappa shape index (κ3) is 10.2. The first-order valence-corrected chi connectivity index (χ1v) is 20.6. The molecule has 6 aromatic rings. The van der Waals surface area contributed by atoms with Crippen molar-refractivity contribution in [2.24, 2.45) is 0 Å². The lowest BCUT2D eigenvalue weighted by Crippen LogP contribution is -2.22. The summed E-state index contributed by atoms with van der Waals surface area (Å²) in [5.41, 5.74) is 14.0. The van der Waals surface area contributed by atoms with Gasteiger partial charge in [0.1, 0.15) is 0 Å². The molecule has 2 aliphatic rings. The Balaban J connectivity index is 0.994. The van der Waals surface area contributed by atoms with Gasteiger partial charge in [0, 0.05) is 47.3 Å². The van der Waals surface area contributed by atoms with Crippen LogP contribution in [0, 0.1) is 13.8 Å². The molecule has 2 aliphatic heterocycles. The summed E-state index contributed by atoms with van der Waals surface area (Å²) < 4.78 is 23.8. The standard InChI is InChI=1S/C51H54N2O4/c1-38-9-21-44(22-10-38)52(45-23-11-39(2)12-24-45)46-25-13-40(14-26-46)35-41-15-27-47(28-16-41)53(48-29-17-42(18-30-48)36-56-50-7-3-5-33-54-50)49-31-19-43(20-32-49)37-57-51-8-4-6-34-55-51/h9-32,50-51H,3-8,33-37H2,1-2H3. The maximum atomic E-state index is 6.09. The first-order chi connectivity index (χ1) is 28.0. The van der Waals surface area contributed by atoms with E-state index in [4.69, 9.17) is 18.9 Å². The van der Waals surface area contributed by atoms with Crippen LogP contribution in [0.25, 0.3) is 0 Å². The Morgan fingerprint density at radius 3 is 1.00 bits per heavy atom. The Kier molecular flexibility index (Phi) is 12.7. The number of nitrogens with zero attached hydrogens (tertiary/aromatic N) is 2. The number of benzene rings is 6. The fourth-order valence-electron chi connectivity index (χ4n) is 7.59. The van der Waals surface area contributed by atoms with Gasteiger partial charge >= 0.3 is 0 Å². The molecule has 0 spiro atoms. The molecule has 0 amide bonds. The van der Waals surface area contributed by atoms with Crippen molar-refractivity contribution in [3.8, 4) is 0 Å². The van der Waals surface area contributed by atoms with E-state index >= 15 is 0 Å². The molecule has 6 nitrogen and oxygen atoms in total. The molecule has 8 rings (SSSR count). The predicted molar refractivity (Wildman–Crippen MR) is 231 cm³/mol. The highest BCUT2D eigenvalue weighted by molar-refractivity contribution is 5.78. The van der Waals surface area contributed by atoms with Crippen LogP contribution in [0.5, 0.6) is 0 Å². The topological polar surface area (TPSA) is 43.4 Å². The van der Waals surface area contributed by atoms with Gasteiger partial charge in [-0.05, 0) is 154 Å². The highest BCUT2D eigenvalue weighted by atomic mass is 16.7. The first-order valence-electron chi connectivity index (χ1n) is 20.6. The van der Waals surface area contributed by atoms with Gasteiger partial charge in [0.25, 0.3) is 0 Å². The molecule has 6 aromatic carbocycles. The number of anilines is 6. The summed E-state index contributed by atoms with van der Waals surface area (Å²) in [6, 6.07) is 52.8. The van der Waals surface area contributed by atoms with Crippen LogP contribution in [0.15, 0.2) is 146 Å². The van der Waals surface area contributed by atoms with E-state index in [9.17, 15) is 0 Å². The van der Waals surface area contributed by atoms with E-state index in [-0.39, 0.29) is 12.6 Å². The van der Waals surface area contributed by atoms with E-state index in [1.807, 2.05) is 0 Å². The zero-order valence-corrected chi connectivity index (χ0v) is 33.3. The smallest absolute Gasteiger partial charge is 0.158 e. The minimum absolute atomic E-state index is 0.106. The Morgan fingerprint density at radius 1 is 0.404 bits per heavy atom. The van der Waals surface area contributed by atoms with Gasteiger partial charge in [-0.3, -0.25) is 0 Å². The fourth-order valence-corrected chi connectivity index (χ4v) is 7.59. The molecular weight excluding hydrogens is 705 g/mol. The van der Waals surface area contributed by atoms with Gasteiger partial charge in [-0.15, -0.1) is 0 Å². The van der Waals surface area contributed by atoms with Gasteiger partial charge in [-0.2, -0.15) is 0 Å². The zero-order chi connectivity index (χ0) is 38.8. The zero-order valence-electron chi connectivity index (χ0n) is 33.3. The summed E-state index contributed by atoms with van der Waals surface area (Å²) in [5.74, 6) is 0. The van der Waals surface area contributed by atoms with Gasteiger partial charge in [-0.1, -0.05) is 83.9 Å². The van der Waals surface area contributed by atoms with Crippen molar-refractivity contribution >= 4 is 34.1 Å². The summed E-state index contributed by atoms with van der Waals surface area (Å²) in [4.78, 5) is 4.63. The second kappa shape index (κ2) is 18.8. The third-order valence-electron chi connectivity index (χ3n) is 10.9. The lowest BCUT2D eigenvalue weighted by molar-refractivity contribution is -0.169. The maximum absolute atomic E-state index is 6.09. The molecule has 0 N–H and O–H groups in total. The van der Waals surface area contributed by atoms with E-state index in [0.29, 0.717) is 13.2 Å². The molecule has 0 radical (unpaired) electrons. The van der Waals surface area contributed by atoms with E-state index in [0.717, 1.165) is 103 Å². The molecular formula is C51H54N2O4. The number of aryl methyl sites for hydroxylation is 2. The summed E-state index contributed by atoms with van der Waals surface area (Å²) in [6.45, 7) is 6.90. The molecule has 2 saturated heterocycles. The van der Waals surface area contributed by atoms with Crippen LogP contribution in [0.1, 0.15) is 71.9 Å². The van der Waals surface area contributed by atoms with Crippen molar-refractivity contribution in [1.82, 2.24) is 0 Å². The summed E-state index contributed by atoms with van der Waals surface area (Å²) in [5, 5.41) is 0. The van der Waals surface area contributed by atoms with Crippen LogP contribution in [0.3, 0.4) is 0 Å². The molecule has 2 unspecified atom stereocenters. The summed E-state index contributed by atoms with van der Waals surface area (Å²) >= 11 is 0. The number of ether oxygens (including phenoxy) is 4. The van der Waals surface area contributed by atoms with Gasteiger partial charge in [0.05, 0.1) is 13.2 Å². The van der Waals surface area contributed by atoms with Crippen LogP contribution in [-0.4, -0.2) is 25.8 Å². The van der Waals surface area contributed by atoms with Crippen LogP contribution in [0.2, 0.25) is 0 Å². The van der Waals surface area contributed by atoms with E-state index in [1.165, 1.54) is 22.3 Å². The van der Waals surface area contributed by atoms with Crippen LogP contribution < -0.4 is 9.80 Å². The average molecular weight is 759 g/mol. The second-order valence-corrected chi connectivity index (χ2v) is 15.4. The SMILES string of the molecule is Cc1ccc(N(c2ccc(C)cc2)c2ccc(Cc3ccc(N(c4ccc(COC5CCCCO5)cc4)c4ccc(COC5CCCCO5)cc4)cc3)cc2)cc1. The summed E-state index contributed by atoms with van der Waals surface area (Å²) in [7, 11) is 0. The number of hydrogen-bond donors (Lipinski definition) is 0. The van der Waals surface area contributed by atoms with Gasteiger partial charge < -0.3 is 28.7 Å². The van der Waals surface area contributed by atoms with Gasteiger partial charge in [0.2, 0.25) is 0 Å². The van der Waals surface area contributed by atoms with E-state index in [2.05, 4.69) is 169 Å². The lowest BCUT2D eigenvalue weighted by atomic mass is 10.0. The second-order valence-electron chi connectivity index (χ2n) is 15.4. The Morgan fingerprint density at radius 2 is 0.702 bits per heavy atom. The third-order valence-corrected chi connectivity index (χ3v) is 10.9. The monoisotopic (exact) mass is 758 g/mol. The van der Waals surface area contributed by atoms with Gasteiger partial charge in [0.15, 0.2) is 12.6 Å².